The Balaban J connectivity index is 1.61. The molecule has 1 atom stereocenters. The van der Waals surface area contributed by atoms with E-state index in [1.54, 1.807) is 11.3 Å². The van der Waals surface area contributed by atoms with Gasteiger partial charge in [0.25, 0.3) is 0 Å². The van der Waals surface area contributed by atoms with Crippen LogP contribution in [0.1, 0.15) is 21.9 Å². The van der Waals surface area contributed by atoms with E-state index in [0.717, 1.165) is 16.1 Å². The maximum absolute atomic E-state index is 12.5. The first kappa shape index (κ1) is 19.3. The SMILES string of the molecule is CN(C)c1ccc([C@@H](CNC(=O)Cc2cccs2)c2c[nH]c3ccccc23)cc1. The summed E-state index contributed by atoms with van der Waals surface area (Å²) in [6.07, 6.45) is 2.50. The Labute approximate surface area is 175 Å². The predicted octanol–water partition coefficient (Wildman–Crippen LogP) is 4.79. The summed E-state index contributed by atoms with van der Waals surface area (Å²) >= 11 is 1.62. The van der Waals surface area contributed by atoms with Gasteiger partial charge >= 0.3 is 0 Å². The van der Waals surface area contributed by atoms with Crippen LogP contribution >= 0.6 is 11.3 Å². The molecule has 4 aromatic rings. The van der Waals surface area contributed by atoms with Crippen molar-refractivity contribution in [1.82, 2.24) is 10.3 Å². The monoisotopic (exact) mass is 403 g/mol. The number of nitrogens with one attached hydrogen (secondary N) is 2. The van der Waals surface area contributed by atoms with Crippen LogP contribution in [0.25, 0.3) is 10.9 Å². The van der Waals surface area contributed by atoms with E-state index >= 15 is 0 Å². The highest BCUT2D eigenvalue weighted by molar-refractivity contribution is 7.10. The zero-order valence-electron chi connectivity index (χ0n) is 16.7. The van der Waals surface area contributed by atoms with Crippen LogP contribution in [0.15, 0.2) is 72.2 Å². The summed E-state index contributed by atoms with van der Waals surface area (Å²) < 4.78 is 0. The number of rotatable bonds is 7. The second-order valence-corrected chi connectivity index (χ2v) is 8.42. The molecule has 2 aromatic heterocycles. The van der Waals surface area contributed by atoms with Crippen molar-refractivity contribution in [3.05, 3.63) is 88.2 Å². The minimum absolute atomic E-state index is 0.0576. The lowest BCUT2D eigenvalue weighted by Crippen LogP contribution is -2.30. The largest absolute Gasteiger partial charge is 0.378 e. The molecule has 0 fully saturated rings. The van der Waals surface area contributed by atoms with Crippen LogP contribution < -0.4 is 10.2 Å². The van der Waals surface area contributed by atoms with Gasteiger partial charge in [0, 0.05) is 54.2 Å². The van der Waals surface area contributed by atoms with Gasteiger partial charge in [0.2, 0.25) is 5.91 Å². The summed E-state index contributed by atoms with van der Waals surface area (Å²) in [7, 11) is 4.08. The number of thiophene rings is 1. The van der Waals surface area contributed by atoms with Gasteiger partial charge in [-0.15, -0.1) is 11.3 Å². The van der Waals surface area contributed by atoms with Gasteiger partial charge in [0.15, 0.2) is 0 Å². The second kappa shape index (κ2) is 8.53. The Morgan fingerprint density at radius 3 is 2.59 bits per heavy atom. The fourth-order valence-electron chi connectivity index (χ4n) is 3.64. The van der Waals surface area contributed by atoms with Crippen molar-refractivity contribution >= 4 is 33.8 Å². The van der Waals surface area contributed by atoms with Gasteiger partial charge in [0.1, 0.15) is 0 Å². The fraction of sp³-hybridized carbons (Fsp3) is 0.208. The third-order valence-corrected chi connectivity index (χ3v) is 6.10. The summed E-state index contributed by atoms with van der Waals surface area (Å²) in [6, 6.07) is 20.9. The third kappa shape index (κ3) is 4.35. The molecule has 0 aliphatic rings. The van der Waals surface area contributed by atoms with Gasteiger partial charge in [-0.1, -0.05) is 36.4 Å². The topological polar surface area (TPSA) is 48.1 Å². The molecule has 2 heterocycles. The van der Waals surface area contributed by atoms with Gasteiger partial charge in [0.05, 0.1) is 6.42 Å². The van der Waals surface area contributed by atoms with Gasteiger partial charge in [-0.2, -0.15) is 0 Å². The first-order chi connectivity index (χ1) is 14.1. The Bertz CT molecular complexity index is 1080. The van der Waals surface area contributed by atoms with Crippen LogP contribution in [0.5, 0.6) is 0 Å². The molecule has 0 bridgehead atoms. The molecule has 0 aliphatic heterocycles. The normalized spacial score (nSPS) is 12.1. The van der Waals surface area contributed by atoms with Gasteiger partial charge < -0.3 is 15.2 Å². The minimum atomic E-state index is 0.0576. The number of fused-ring (bicyclic) bond motifs is 1. The molecule has 1 amide bonds. The standard InChI is InChI=1S/C24H25N3OS/c1-27(2)18-11-9-17(10-12-18)21(15-26-24(28)14-19-6-5-13-29-19)22-16-25-23-8-4-3-7-20(22)23/h3-13,16,21,25H,14-15H2,1-2H3,(H,26,28)/t21-/m1/s1. The van der Waals surface area contributed by atoms with Crippen LogP contribution in [0.3, 0.4) is 0 Å². The zero-order valence-corrected chi connectivity index (χ0v) is 17.5. The zero-order chi connectivity index (χ0) is 20.2. The summed E-state index contributed by atoms with van der Waals surface area (Å²) in [5.74, 6) is 0.136. The fourth-order valence-corrected chi connectivity index (χ4v) is 4.35. The molecule has 148 valence electrons. The Hall–Kier alpha value is -3.05. The number of benzene rings is 2. The highest BCUT2D eigenvalue weighted by Crippen LogP contribution is 2.31. The van der Waals surface area contributed by atoms with E-state index in [1.165, 1.54) is 16.5 Å². The van der Waals surface area contributed by atoms with Crippen molar-refractivity contribution in [3.8, 4) is 0 Å². The molecule has 0 unspecified atom stereocenters. The molecule has 2 N–H and O–H groups in total. The van der Waals surface area contributed by atoms with Crippen LogP contribution in [-0.4, -0.2) is 31.5 Å². The van der Waals surface area contributed by atoms with E-state index in [2.05, 4.69) is 63.9 Å². The Morgan fingerprint density at radius 2 is 1.86 bits per heavy atom. The number of hydrogen-bond acceptors (Lipinski definition) is 3. The quantitative estimate of drug-likeness (QED) is 0.466. The Morgan fingerprint density at radius 1 is 1.07 bits per heavy atom. The van der Waals surface area contributed by atoms with Crippen molar-refractivity contribution in [1.29, 1.82) is 0 Å². The Kier molecular flexibility index (Phi) is 5.67. The van der Waals surface area contributed by atoms with E-state index < -0.39 is 0 Å². The summed E-state index contributed by atoms with van der Waals surface area (Å²) in [6.45, 7) is 0.563. The van der Waals surface area contributed by atoms with Crippen LogP contribution in [0.4, 0.5) is 5.69 Å². The van der Waals surface area contributed by atoms with Crippen molar-refractivity contribution in [2.45, 2.75) is 12.3 Å². The van der Waals surface area contributed by atoms with Crippen molar-refractivity contribution in [3.63, 3.8) is 0 Å². The molecule has 29 heavy (non-hydrogen) atoms. The first-order valence-corrected chi connectivity index (χ1v) is 10.6. The minimum Gasteiger partial charge on any atom is -0.378 e. The van der Waals surface area contributed by atoms with E-state index in [4.69, 9.17) is 0 Å². The average molecular weight is 404 g/mol. The van der Waals surface area contributed by atoms with Crippen LogP contribution in [0.2, 0.25) is 0 Å². The maximum atomic E-state index is 12.5. The average Bonchev–Trinajstić information content (AvgIpc) is 3.39. The molecule has 0 radical (unpaired) electrons. The number of hydrogen-bond donors (Lipinski definition) is 2. The number of carbonyl (C=O) groups is 1. The predicted molar refractivity (Wildman–Crippen MR) is 122 cm³/mol. The van der Waals surface area contributed by atoms with E-state index in [-0.39, 0.29) is 11.8 Å². The smallest absolute Gasteiger partial charge is 0.225 e. The van der Waals surface area contributed by atoms with Crippen LogP contribution in [-0.2, 0) is 11.2 Å². The lowest BCUT2D eigenvalue weighted by molar-refractivity contribution is -0.120. The highest BCUT2D eigenvalue weighted by Gasteiger charge is 2.19. The molecule has 4 nitrogen and oxygen atoms in total. The number of aromatic amines is 1. The molecule has 0 aliphatic carbocycles. The molecule has 0 saturated heterocycles. The van der Waals surface area contributed by atoms with Crippen LogP contribution in [0, 0.1) is 0 Å². The van der Waals surface area contributed by atoms with Gasteiger partial charge in [-0.05, 0) is 40.8 Å². The number of nitrogens with zero attached hydrogens (tertiary/aromatic N) is 1. The summed E-state index contributed by atoms with van der Waals surface area (Å²) in [5, 5.41) is 6.35. The van der Waals surface area contributed by atoms with E-state index in [9.17, 15) is 4.79 Å². The molecular weight excluding hydrogens is 378 g/mol. The molecular formula is C24H25N3OS. The number of para-hydroxylation sites is 1. The van der Waals surface area contributed by atoms with E-state index in [0.29, 0.717) is 13.0 Å². The summed E-state index contributed by atoms with van der Waals surface area (Å²) in [5.41, 5.74) is 4.67. The van der Waals surface area contributed by atoms with Crippen molar-refractivity contribution < 1.29 is 4.79 Å². The lowest BCUT2D eigenvalue weighted by Gasteiger charge is -2.20. The third-order valence-electron chi connectivity index (χ3n) is 5.23. The maximum Gasteiger partial charge on any atom is 0.225 e. The highest BCUT2D eigenvalue weighted by atomic mass is 32.1. The van der Waals surface area contributed by atoms with Crippen molar-refractivity contribution in [2.24, 2.45) is 0 Å². The molecule has 0 spiro atoms. The number of H-pyrrole nitrogens is 1. The van der Waals surface area contributed by atoms with Gasteiger partial charge in [-0.3, -0.25) is 4.79 Å². The number of carbonyl (C=O) groups excluding carboxylic acids is 1. The molecule has 0 saturated carbocycles. The number of amides is 1. The molecule has 2 aromatic carbocycles. The van der Waals surface area contributed by atoms with Gasteiger partial charge in [-0.25, -0.2) is 0 Å². The molecule has 5 heteroatoms. The molecule has 4 rings (SSSR count). The first-order valence-electron chi connectivity index (χ1n) is 9.74. The summed E-state index contributed by atoms with van der Waals surface area (Å²) in [4.78, 5) is 19.1. The van der Waals surface area contributed by atoms with Crippen molar-refractivity contribution in [2.75, 3.05) is 25.5 Å². The lowest BCUT2D eigenvalue weighted by atomic mass is 9.90. The van der Waals surface area contributed by atoms with E-state index in [1.807, 2.05) is 37.7 Å². The number of aromatic nitrogens is 1. The second-order valence-electron chi connectivity index (χ2n) is 7.39. The number of anilines is 1.